The Kier molecular flexibility index (Phi) is 5.41. The Morgan fingerprint density at radius 2 is 1.95 bits per heavy atom. The van der Waals surface area contributed by atoms with Gasteiger partial charge < -0.3 is 0 Å². The van der Waals surface area contributed by atoms with E-state index in [0.717, 1.165) is 10.0 Å². The zero-order valence-corrected chi connectivity index (χ0v) is 13.4. The topological polar surface area (TPSA) is 38.0 Å². The minimum atomic E-state index is -0.302. The first-order valence-corrected chi connectivity index (χ1v) is 7.41. The molecule has 0 saturated carbocycles. The van der Waals surface area contributed by atoms with E-state index in [1.54, 1.807) is 30.3 Å². The molecule has 0 spiro atoms. The van der Waals surface area contributed by atoms with Crippen LogP contribution in [-0.4, -0.2) is 0 Å². The number of hydrogen-bond acceptors (Lipinski definition) is 2. The van der Waals surface area contributed by atoms with Crippen LogP contribution in [0.4, 0.5) is 4.39 Å². The molecule has 2 aromatic carbocycles. The summed E-state index contributed by atoms with van der Waals surface area (Å²) in [7, 11) is 0. The Bertz CT molecular complexity index is 622. The molecule has 6 heteroatoms. The number of nitrogens with two attached hydrogens (primary N) is 1. The Morgan fingerprint density at radius 1 is 1.20 bits per heavy atom. The molecule has 2 rings (SSSR count). The van der Waals surface area contributed by atoms with Crippen molar-refractivity contribution in [3.63, 3.8) is 0 Å². The molecule has 0 bridgehead atoms. The van der Waals surface area contributed by atoms with Crippen LogP contribution in [0.5, 0.6) is 0 Å². The molecule has 1 unspecified atom stereocenters. The zero-order chi connectivity index (χ0) is 14.7. The molecule has 2 aromatic rings. The van der Waals surface area contributed by atoms with Crippen LogP contribution in [0.25, 0.3) is 0 Å². The molecule has 20 heavy (non-hydrogen) atoms. The Balaban J connectivity index is 2.31. The number of benzene rings is 2. The summed E-state index contributed by atoms with van der Waals surface area (Å²) >= 11 is 15.4. The molecule has 0 fully saturated rings. The van der Waals surface area contributed by atoms with Crippen molar-refractivity contribution in [3.8, 4) is 0 Å². The molecule has 1 atom stereocenters. The van der Waals surface area contributed by atoms with Crippen molar-refractivity contribution in [3.05, 3.63) is 67.9 Å². The number of nitrogens with one attached hydrogen (secondary N) is 1. The van der Waals surface area contributed by atoms with Crippen molar-refractivity contribution in [1.29, 1.82) is 0 Å². The van der Waals surface area contributed by atoms with E-state index in [2.05, 4.69) is 21.4 Å². The summed E-state index contributed by atoms with van der Waals surface area (Å²) in [6.07, 6.45) is 0.378. The predicted molar refractivity (Wildman–Crippen MR) is 84.3 cm³/mol. The molecular weight excluding hydrogens is 366 g/mol. The number of rotatable bonds is 4. The molecule has 0 radical (unpaired) electrons. The van der Waals surface area contributed by atoms with E-state index in [4.69, 9.17) is 29.0 Å². The van der Waals surface area contributed by atoms with Crippen LogP contribution in [0.15, 0.2) is 40.9 Å². The third-order valence-corrected chi connectivity index (χ3v) is 4.03. The van der Waals surface area contributed by atoms with Crippen LogP contribution in [-0.2, 0) is 6.42 Å². The number of halogens is 4. The highest BCUT2D eigenvalue weighted by atomic mass is 79.9. The van der Waals surface area contributed by atoms with Crippen LogP contribution < -0.4 is 11.3 Å². The first-order valence-electron chi connectivity index (χ1n) is 5.86. The lowest BCUT2D eigenvalue weighted by Crippen LogP contribution is -2.30. The smallest absolute Gasteiger partial charge is 0.126 e. The van der Waals surface area contributed by atoms with Gasteiger partial charge in [-0.25, -0.2) is 4.39 Å². The lowest BCUT2D eigenvalue weighted by molar-refractivity contribution is 0.529. The van der Waals surface area contributed by atoms with Crippen LogP contribution in [0.1, 0.15) is 17.2 Å². The summed E-state index contributed by atoms with van der Waals surface area (Å²) in [5.41, 5.74) is 3.99. The van der Waals surface area contributed by atoms with Gasteiger partial charge >= 0.3 is 0 Å². The first kappa shape index (κ1) is 15.7. The maximum atomic E-state index is 13.8. The standard InChI is InChI=1S/C14H12BrCl2FN2/c15-9-1-4-13(18)8(5-9)6-14(20-19)11-3-2-10(16)7-12(11)17/h1-5,7,14,20H,6,19H2. The minimum Gasteiger partial charge on any atom is -0.271 e. The molecule has 0 aliphatic carbocycles. The molecule has 3 N–H and O–H groups in total. The van der Waals surface area contributed by atoms with Gasteiger partial charge in [0.1, 0.15) is 5.82 Å². The second kappa shape index (κ2) is 6.87. The van der Waals surface area contributed by atoms with E-state index in [-0.39, 0.29) is 11.9 Å². The molecule has 0 saturated heterocycles. The van der Waals surface area contributed by atoms with Gasteiger partial charge in [0.05, 0.1) is 6.04 Å². The highest BCUT2D eigenvalue weighted by Crippen LogP contribution is 2.29. The molecule has 0 aliphatic heterocycles. The molecule has 0 aliphatic rings. The first-order chi connectivity index (χ1) is 9.51. The maximum absolute atomic E-state index is 13.8. The van der Waals surface area contributed by atoms with Gasteiger partial charge in [0, 0.05) is 14.5 Å². The van der Waals surface area contributed by atoms with Crippen molar-refractivity contribution in [2.45, 2.75) is 12.5 Å². The van der Waals surface area contributed by atoms with E-state index in [9.17, 15) is 4.39 Å². The summed E-state index contributed by atoms with van der Waals surface area (Å²) in [5.74, 6) is 5.29. The summed E-state index contributed by atoms with van der Waals surface area (Å²) < 4.78 is 14.6. The maximum Gasteiger partial charge on any atom is 0.126 e. The highest BCUT2D eigenvalue weighted by molar-refractivity contribution is 9.10. The average molecular weight is 378 g/mol. The Hall–Kier alpha value is -0.650. The number of hydrogen-bond donors (Lipinski definition) is 2. The lowest BCUT2D eigenvalue weighted by atomic mass is 9.99. The van der Waals surface area contributed by atoms with Crippen molar-refractivity contribution >= 4 is 39.1 Å². The Morgan fingerprint density at radius 3 is 2.60 bits per heavy atom. The molecular formula is C14H12BrCl2FN2. The second-order valence-electron chi connectivity index (χ2n) is 4.32. The van der Waals surface area contributed by atoms with Crippen molar-refractivity contribution in [2.24, 2.45) is 5.84 Å². The van der Waals surface area contributed by atoms with Gasteiger partial charge in [-0.2, -0.15) is 0 Å². The van der Waals surface area contributed by atoms with Crippen LogP contribution in [0.3, 0.4) is 0 Å². The molecule has 106 valence electrons. The van der Waals surface area contributed by atoms with Gasteiger partial charge in [-0.15, -0.1) is 0 Å². The lowest BCUT2D eigenvalue weighted by Gasteiger charge is -2.18. The van der Waals surface area contributed by atoms with Crippen molar-refractivity contribution < 1.29 is 4.39 Å². The van der Waals surface area contributed by atoms with E-state index >= 15 is 0 Å². The fourth-order valence-electron chi connectivity index (χ4n) is 1.96. The number of hydrazine groups is 1. The van der Waals surface area contributed by atoms with Crippen molar-refractivity contribution in [2.75, 3.05) is 0 Å². The van der Waals surface area contributed by atoms with E-state index in [0.29, 0.717) is 22.0 Å². The molecule has 2 nitrogen and oxygen atoms in total. The summed E-state index contributed by atoms with van der Waals surface area (Å²) in [4.78, 5) is 0. The summed E-state index contributed by atoms with van der Waals surface area (Å²) in [6, 6.07) is 9.64. The van der Waals surface area contributed by atoms with Gasteiger partial charge in [0.25, 0.3) is 0 Å². The molecule has 0 aromatic heterocycles. The largest absolute Gasteiger partial charge is 0.271 e. The van der Waals surface area contributed by atoms with Crippen LogP contribution in [0.2, 0.25) is 10.0 Å². The van der Waals surface area contributed by atoms with E-state index < -0.39 is 0 Å². The highest BCUT2D eigenvalue weighted by Gasteiger charge is 2.16. The normalized spacial score (nSPS) is 12.4. The fourth-order valence-corrected chi connectivity index (χ4v) is 2.91. The van der Waals surface area contributed by atoms with Gasteiger partial charge in [-0.3, -0.25) is 11.3 Å². The van der Waals surface area contributed by atoms with E-state index in [1.807, 2.05) is 0 Å². The molecule has 0 heterocycles. The fraction of sp³-hybridized carbons (Fsp3) is 0.143. The Labute approximate surface area is 135 Å². The summed E-state index contributed by atoms with van der Waals surface area (Å²) in [5, 5.41) is 1.04. The SMILES string of the molecule is NNC(Cc1cc(Br)ccc1F)c1ccc(Cl)cc1Cl. The monoisotopic (exact) mass is 376 g/mol. The second-order valence-corrected chi connectivity index (χ2v) is 6.08. The third-order valence-electron chi connectivity index (χ3n) is 2.97. The zero-order valence-electron chi connectivity index (χ0n) is 10.3. The van der Waals surface area contributed by atoms with Gasteiger partial charge in [0.2, 0.25) is 0 Å². The average Bonchev–Trinajstić information content (AvgIpc) is 2.40. The summed E-state index contributed by atoms with van der Waals surface area (Å²) in [6.45, 7) is 0. The minimum absolute atomic E-state index is 0.279. The third kappa shape index (κ3) is 3.71. The van der Waals surface area contributed by atoms with Gasteiger partial charge in [-0.1, -0.05) is 45.2 Å². The quantitative estimate of drug-likeness (QED) is 0.601. The van der Waals surface area contributed by atoms with Crippen LogP contribution >= 0.6 is 39.1 Å². The van der Waals surface area contributed by atoms with Crippen LogP contribution in [0, 0.1) is 5.82 Å². The van der Waals surface area contributed by atoms with Gasteiger partial charge in [0.15, 0.2) is 0 Å². The van der Waals surface area contributed by atoms with Gasteiger partial charge in [-0.05, 0) is 47.9 Å². The molecule has 0 amide bonds. The van der Waals surface area contributed by atoms with E-state index in [1.165, 1.54) is 6.07 Å². The van der Waals surface area contributed by atoms with Crippen molar-refractivity contribution in [1.82, 2.24) is 5.43 Å². The predicted octanol–water partition coefficient (Wildman–Crippen LogP) is 4.64.